The molecule has 1 heterocycles. The average molecular weight is 174 g/mol. The summed E-state index contributed by atoms with van der Waals surface area (Å²) in [6, 6.07) is 0. The van der Waals surface area contributed by atoms with Gasteiger partial charge in [0.05, 0.1) is 7.11 Å². The lowest BCUT2D eigenvalue weighted by Gasteiger charge is -2.20. The van der Waals surface area contributed by atoms with Crippen molar-refractivity contribution in [3.8, 4) is 0 Å². The monoisotopic (exact) mass is 174 g/mol. The molecule has 0 aromatic heterocycles. The summed E-state index contributed by atoms with van der Waals surface area (Å²) >= 11 is 0. The zero-order valence-corrected chi connectivity index (χ0v) is 7.58. The molecule has 1 aliphatic heterocycles. The topological polar surface area (TPSA) is 64.3 Å². The van der Waals surface area contributed by atoms with Gasteiger partial charge in [-0.3, -0.25) is 4.79 Å². The Balaban J connectivity index is 0.000000261. The van der Waals surface area contributed by atoms with Crippen LogP contribution in [-0.2, 0) is 9.53 Å². The second-order valence-corrected chi connectivity index (χ2v) is 2.76. The summed E-state index contributed by atoms with van der Waals surface area (Å²) in [5.74, 6) is 0.802. The summed E-state index contributed by atoms with van der Waals surface area (Å²) in [4.78, 5) is 8.95. The number of carbonyl (C=O) groups excluding carboxylic acids is 1. The van der Waals surface area contributed by atoms with E-state index in [1.165, 1.54) is 33.0 Å². The van der Waals surface area contributed by atoms with Crippen molar-refractivity contribution in [1.82, 2.24) is 5.32 Å². The third-order valence-corrected chi connectivity index (χ3v) is 1.89. The van der Waals surface area contributed by atoms with Crippen LogP contribution in [0.2, 0.25) is 0 Å². The Bertz CT molecular complexity index is 103. The molecule has 72 valence electrons. The number of methoxy groups -OCH3 is 1. The third-order valence-electron chi connectivity index (χ3n) is 1.89. The van der Waals surface area contributed by atoms with Crippen molar-refractivity contribution in [3.63, 3.8) is 0 Å². The van der Waals surface area contributed by atoms with Crippen LogP contribution in [0.3, 0.4) is 0 Å². The molecule has 0 aliphatic carbocycles. The fraction of sp³-hybridized carbons (Fsp3) is 0.875. The maximum absolute atomic E-state index is 8.95. The lowest BCUT2D eigenvalue weighted by Crippen LogP contribution is -2.31. The fourth-order valence-electron chi connectivity index (χ4n) is 1.12. The van der Waals surface area contributed by atoms with Gasteiger partial charge >= 0.3 is 0 Å². The van der Waals surface area contributed by atoms with Crippen LogP contribution in [0.1, 0.15) is 12.8 Å². The van der Waals surface area contributed by atoms with E-state index in [4.69, 9.17) is 10.5 Å². The Hall–Kier alpha value is -0.610. The number of hydrogen-bond donors (Lipinski definition) is 2. The van der Waals surface area contributed by atoms with Gasteiger partial charge in [-0.25, -0.2) is 0 Å². The summed E-state index contributed by atoms with van der Waals surface area (Å²) in [6.45, 7) is 3.59. The summed E-state index contributed by atoms with van der Waals surface area (Å²) in [6.07, 6.45) is 2.55. The predicted octanol–water partition coefficient (Wildman–Crippen LogP) is -0.266. The molecule has 0 unspecified atom stereocenters. The number of carbonyl (C=O) groups is 1. The van der Waals surface area contributed by atoms with E-state index in [0.29, 0.717) is 6.47 Å². The summed E-state index contributed by atoms with van der Waals surface area (Å²) in [7, 11) is 1.31. The van der Waals surface area contributed by atoms with Gasteiger partial charge in [0.2, 0.25) is 0 Å². The largest absolute Gasteiger partial charge is 0.471 e. The van der Waals surface area contributed by atoms with E-state index < -0.39 is 0 Å². The lowest BCUT2D eigenvalue weighted by atomic mass is 9.99. The van der Waals surface area contributed by atoms with Gasteiger partial charge in [0.25, 0.3) is 6.47 Å². The van der Waals surface area contributed by atoms with E-state index in [1.54, 1.807) is 0 Å². The first-order chi connectivity index (χ1) is 5.85. The molecule has 12 heavy (non-hydrogen) atoms. The highest BCUT2D eigenvalue weighted by Gasteiger charge is 2.09. The van der Waals surface area contributed by atoms with Crippen LogP contribution in [-0.4, -0.2) is 33.2 Å². The van der Waals surface area contributed by atoms with Gasteiger partial charge in [0, 0.05) is 0 Å². The second kappa shape index (κ2) is 8.49. The van der Waals surface area contributed by atoms with Gasteiger partial charge in [-0.2, -0.15) is 0 Å². The highest BCUT2D eigenvalue weighted by atomic mass is 16.5. The van der Waals surface area contributed by atoms with Crippen molar-refractivity contribution in [2.45, 2.75) is 12.8 Å². The Kier molecular flexibility index (Phi) is 8.05. The van der Waals surface area contributed by atoms with E-state index in [2.05, 4.69) is 10.1 Å². The molecule has 0 amide bonds. The molecule has 0 bridgehead atoms. The first-order valence-electron chi connectivity index (χ1n) is 4.22. The Morgan fingerprint density at radius 1 is 1.58 bits per heavy atom. The van der Waals surface area contributed by atoms with Crippen LogP contribution in [0.15, 0.2) is 0 Å². The van der Waals surface area contributed by atoms with Gasteiger partial charge in [-0.1, -0.05) is 0 Å². The smallest absolute Gasteiger partial charge is 0.292 e. The molecule has 0 atom stereocenters. The van der Waals surface area contributed by atoms with Gasteiger partial charge in [0.1, 0.15) is 0 Å². The Morgan fingerprint density at radius 3 is 2.33 bits per heavy atom. The molecule has 4 heteroatoms. The number of rotatable bonds is 2. The van der Waals surface area contributed by atoms with Crippen molar-refractivity contribution in [2.24, 2.45) is 11.7 Å². The quantitative estimate of drug-likeness (QED) is 0.566. The second-order valence-electron chi connectivity index (χ2n) is 2.76. The Labute approximate surface area is 73.5 Å². The highest BCUT2D eigenvalue weighted by molar-refractivity contribution is 5.36. The maximum Gasteiger partial charge on any atom is 0.292 e. The number of hydrogen-bond acceptors (Lipinski definition) is 4. The first kappa shape index (κ1) is 11.4. The fourth-order valence-corrected chi connectivity index (χ4v) is 1.12. The van der Waals surface area contributed by atoms with Gasteiger partial charge in [-0.15, -0.1) is 0 Å². The van der Waals surface area contributed by atoms with E-state index in [1.807, 2.05) is 0 Å². The van der Waals surface area contributed by atoms with E-state index >= 15 is 0 Å². The summed E-state index contributed by atoms with van der Waals surface area (Å²) in [5.41, 5.74) is 5.48. The van der Waals surface area contributed by atoms with Crippen molar-refractivity contribution in [3.05, 3.63) is 0 Å². The van der Waals surface area contributed by atoms with E-state index in [9.17, 15) is 0 Å². The lowest BCUT2D eigenvalue weighted by molar-refractivity contribution is -0.126. The maximum atomic E-state index is 8.95. The van der Waals surface area contributed by atoms with Crippen LogP contribution in [0.25, 0.3) is 0 Å². The first-order valence-corrected chi connectivity index (χ1v) is 4.22. The molecule has 1 aliphatic rings. The minimum absolute atomic E-state index is 0.375. The zero-order valence-electron chi connectivity index (χ0n) is 7.58. The van der Waals surface area contributed by atoms with Gasteiger partial charge in [0.15, 0.2) is 0 Å². The number of ether oxygens (including phenoxy) is 1. The molecule has 3 N–H and O–H groups in total. The van der Waals surface area contributed by atoms with E-state index in [-0.39, 0.29) is 0 Å². The third kappa shape index (κ3) is 6.12. The minimum atomic E-state index is 0.375. The zero-order chi connectivity index (χ0) is 9.23. The number of nitrogens with two attached hydrogens (primary N) is 1. The molecule has 0 radical (unpaired) electrons. The summed E-state index contributed by atoms with van der Waals surface area (Å²) in [5, 5.41) is 3.29. The van der Waals surface area contributed by atoms with Gasteiger partial charge in [-0.05, 0) is 38.4 Å². The molecule has 0 spiro atoms. The normalized spacial score (nSPS) is 17.5. The van der Waals surface area contributed by atoms with E-state index in [0.717, 1.165) is 12.5 Å². The molecule has 1 rings (SSSR count). The number of piperidine rings is 1. The standard InChI is InChI=1S/C6H14N2.C2H4O2/c7-5-6-1-3-8-4-2-6;1-4-2-3/h6,8H,1-5,7H2;2H,1H3. The van der Waals surface area contributed by atoms with Crippen LogP contribution in [0.4, 0.5) is 0 Å². The van der Waals surface area contributed by atoms with Gasteiger partial charge < -0.3 is 15.8 Å². The molecular weight excluding hydrogens is 156 g/mol. The highest BCUT2D eigenvalue weighted by Crippen LogP contribution is 2.07. The van der Waals surface area contributed by atoms with Crippen LogP contribution < -0.4 is 11.1 Å². The molecule has 0 aromatic rings. The molecule has 0 aromatic carbocycles. The van der Waals surface area contributed by atoms with Crippen LogP contribution in [0.5, 0.6) is 0 Å². The molecule has 1 saturated heterocycles. The predicted molar refractivity (Wildman–Crippen MR) is 47.7 cm³/mol. The minimum Gasteiger partial charge on any atom is -0.471 e. The van der Waals surface area contributed by atoms with Crippen LogP contribution >= 0.6 is 0 Å². The molecular formula is C8H18N2O2. The van der Waals surface area contributed by atoms with Crippen molar-refractivity contribution in [1.29, 1.82) is 0 Å². The average Bonchev–Trinajstić information content (AvgIpc) is 2.19. The Morgan fingerprint density at radius 2 is 2.08 bits per heavy atom. The SMILES string of the molecule is COC=O.NCC1CCNCC1. The summed E-state index contributed by atoms with van der Waals surface area (Å²) < 4.78 is 3.86. The van der Waals surface area contributed by atoms with Crippen LogP contribution in [0, 0.1) is 5.92 Å². The molecule has 4 nitrogen and oxygen atoms in total. The van der Waals surface area contributed by atoms with Crippen molar-refractivity contribution < 1.29 is 9.53 Å². The molecule has 0 saturated carbocycles. The van der Waals surface area contributed by atoms with Crippen molar-refractivity contribution >= 4 is 6.47 Å². The molecule has 1 fully saturated rings. The number of nitrogens with one attached hydrogen (secondary N) is 1. The van der Waals surface area contributed by atoms with Crippen molar-refractivity contribution in [2.75, 3.05) is 26.7 Å².